The first-order valence-electron chi connectivity index (χ1n) is 8.38. The van der Waals surface area contributed by atoms with Gasteiger partial charge in [-0.2, -0.15) is 11.8 Å². The summed E-state index contributed by atoms with van der Waals surface area (Å²) in [5, 5.41) is 3.85. The zero-order chi connectivity index (χ0) is 13.1. The zero-order valence-corrected chi connectivity index (χ0v) is 13.3. The van der Waals surface area contributed by atoms with E-state index < -0.39 is 0 Å². The summed E-state index contributed by atoms with van der Waals surface area (Å²) in [4.78, 5) is 2.80. The minimum Gasteiger partial charge on any atom is -0.311 e. The van der Waals surface area contributed by atoms with E-state index in [0.29, 0.717) is 0 Å². The lowest BCUT2D eigenvalue weighted by molar-refractivity contribution is 0.0924. The van der Waals surface area contributed by atoms with Crippen LogP contribution in [-0.4, -0.2) is 48.1 Å². The third kappa shape index (κ3) is 3.68. The molecule has 0 amide bonds. The van der Waals surface area contributed by atoms with Gasteiger partial charge in [0.05, 0.1) is 0 Å². The van der Waals surface area contributed by atoms with Crippen LogP contribution in [0.2, 0.25) is 0 Å². The lowest BCUT2D eigenvalue weighted by atomic mass is 9.82. The maximum atomic E-state index is 3.85. The van der Waals surface area contributed by atoms with Crippen LogP contribution in [0.5, 0.6) is 0 Å². The van der Waals surface area contributed by atoms with Gasteiger partial charge in [-0.15, -0.1) is 0 Å². The smallest absolute Gasteiger partial charge is 0.0224 e. The van der Waals surface area contributed by atoms with Gasteiger partial charge < -0.3 is 5.32 Å². The van der Waals surface area contributed by atoms with Crippen molar-refractivity contribution in [2.45, 2.75) is 57.5 Å². The van der Waals surface area contributed by atoms with E-state index in [9.17, 15) is 0 Å². The first-order chi connectivity index (χ1) is 9.33. The van der Waals surface area contributed by atoms with Gasteiger partial charge in [-0.1, -0.05) is 19.3 Å². The number of hydrogen-bond acceptors (Lipinski definition) is 3. The molecule has 110 valence electrons. The van der Waals surface area contributed by atoms with Crippen LogP contribution in [0, 0.1) is 11.8 Å². The molecular formula is C16H30N2S. The summed E-state index contributed by atoms with van der Waals surface area (Å²) in [5.41, 5.74) is 0. The molecule has 3 aliphatic rings. The van der Waals surface area contributed by atoms with Crippen LogP contribution in [0.25, 0.3) is 0 Å². The highest BCUT2D eigenvalue weighted by molar-refractivity contribution is 7.99. The molecule has 3 atom stereocenters. The predicted molar refractivity (Wildman–Crippen MR) is 84.8 cm³/mol. The Morgan fingerprint density at radius 2 is 2.00 bits per heavy atom. The van der Waals surface area contributed by atoms with Crippen molar-refractivity contribution in [3.8, 4) is 0 Å². The van der Waals surface area contributed by atoms with Gasteiger partial charge in [0.2, 0.25) is 0 Å². The fourth-order valence-electron chi connectivity index (χ4n) is 4.11. The molecule has 0 bridgehead atoms. The summed E-state index contributed by atoms with van der Waals surface area (Å²) in [6.45, 7) is 6.29. The van der Waals surface area contributed by atoms with Crippen molar-refractivity contribution in [3.05, 3.63) is 0 Å². The minimum atomic E-state index is 0.741. The van der Waals surface area contributed by atoms with Gasteiger partial charge in [0, 0.05) is 31.7 Å². The van der Waals surface area contributed by atoms with Crippen LogP contribution in [0.3, 0.4) is 0 Å². The third-order valence-corrected chi connectivity index (χ3v) is 6.70. The molecule has 3 unspecified atom stereocenters. The molecule has 2 heterocycles. The highest BCUT2D eigenvalue weighted by Crippen LogP contribution is 2.30. The van der Waals surface area contributed by atoms with E-state index in [4.69, 9.17) is 0 Å². The van der Waals surface area contributed by atoms with Gasteiger partial charge in [0.15, 0.2) is 0 Å². The highest BCUT2D eigenvalue weighted by Gasteiger charge is 2.32. The second-order valence-corrected chi connectivity index (χ2v) is 8.10. The molecular weight excluding hydrogens is 252 g/mol. The van der Waals surface area contributed by atoms with E-state index in [0.717, 1.165) is 23.9 Å². The number of rotatable bonds is 3. The molecule has 2 saturated heterocycles. The molecule has 3 rings (SSSR count). The van der Waals surface area contributed by atoms with Crippen LogP contribution < -0.4 is 5.32 Å². The van der Waals surface area contributed by atoms with Crippen molar-refractivity contribution in [2.24, 2.45) is 11.8 Å². The van der Waals surface area contributed by atoms with Gasteiger partial charge in [-0.05, 0) is 49.5 Å². The number of thioether (sulfide) groups is 1. The summed E-state index contributed by atoms with van der Waals surface area (Å²) in [7, 11) is 0. The molecule has 1 aliphatic carbocycles. The SMILES string of the molecule is CC1CNC(C2CCCCC2)CN1CC1CCSC1. The highest BCUT2D eigenvalue weighted by atomic mass is 32.2. The molecule has 3 heteroatoms. The Balaban J connectivity index is 1.53. The lowest BCUT2D eigenvalue weighted by Gasteiger charge is -2.43. The number of piperazine rings is 1. The van der Waals surface area contributed by atoms with Gasteiger partial charge in [0.25, 0.3) is 0 Å². The summed E-state index contributed by atoms with van der Waals surface area (Å²) >= 11 is 2.16. The fraction of sp³-hybridized carbons (Fsp3) is 1.00. The zero-order valence-electron chi connectivity index (χ0n) is 12.4. The Morgan fingerprint density at radius 3 is 2.74 bits per heavy atom. The van der Waals surface area contributed by atoms with Crippen molar-refractivity contribution in [1.82, 2.24) is 10.2 Å². The van der Waals surface area contributed by atoms with Crippen molar-refractivity contribution >= 4 is 11.8 Å². The van der Waals surface area contributed by atoms with Crippen molar-refractivity contribution in [2.75, 3.05) is 31.1 Å². The topological polar surface area (TPSA) is 15.3 Å². The molecule has 1 saturated carbocycles. The number of nitrogens with zero attached hydrogens (tertiary/aromatic N) is 1. The van der Waals surface area contributed by atoms with E-state index in [1.165, 1.54) is 69.7 Å². The second kappa shape index (κ2) is 6.82. The Bertz CT molecular complexity index is 272. The second-order valence-electron chi connectivity index (χ2n) is 6.95. The Kier molecular flexibility index (Phi) is 5.10. The van der Waals surface area contributed by atoms with Gasteiger partial charge >= 0.3 is 0 Å². The average Bonchev–Trinajstić information content (AvgIpc) is 2.95. The predicted octanol–water partition coefficient (Wildman–Crippen LogP) is 2.98. The van der Waals surface area contributed by atoms with Gasteiger partial charge in [-0.3, -0.25) is 4.90 Å². The van der Waals surface area contributed by atoms with Crippen LogP contribution in [0.15, 0.2) is 0 Å². The molecule has 0 aromatic carbocycles. The molecule has 3 fully saturated rings. The first-order valence-corrected chi connectivity index (χ1v) is 9.53. The first kappa shape index (κ1) is 14.2. The molecule has 0 aromatic rings. The van der Waals surface area contributed by atoms with Gasteiger partial charge in [-0.25, -0.2) is 0 Å². The third-order valence-electron chi connectivity index (χ3n) is 5.47. The molecule has 19 heavy (non-hydrogen) atoms. The maximum Gasteiger partial charge on any atom is 0.0224 e. The number of hydrogen-bond donors (Lipinski definition) is 1. The van der Waals surface area contributed by atoms with E-state index in [-0.39, 0.29) is 0 Å². The quantitative estimate of drug-likeness (QED) is 0.857. The minimum absolute atomic E-state index is 0.741. The maximum absolute atomic E-state index is 3.85. The van der Waals surface area contributed by atoms with E-state index in [1.807, 2.05) is 0 Å². The Hall–Kier alpha value is 0.270. The van der Waals surface area contributed by atoms with E-state index in [2.05, 4.69) is 28.9 Å². The molecule has 2 aliphatic heterocycles. The van der Waals surface area contributed by atoms with Crippen LogP contribution in [-0.2, 0) is 0 Å². The summed E-state index contributed by atoms with van der Waals surface area (Å²) in [5.74, 6) is 4.74. The fourth-order valence-corrected chi connectivity index (χ4v) is 5.39. The van der Waals surface area contributed by atoms with E-state index in [1.54, 1.807) is 0 Å². The van der Waals surface area contributed by atoms with Crippen LogP contribution in [0.1, 0.15) is 45.4 Å². The summed E-state index contributed by atoms with van der Waals surface area (Å²) in [6.07, 6.45) is 8.81. The lowest BCUT2D eigenvalue weighted by Crippen LogP contribution is -2.58. The molecule has 1 N–H and O–H groups in total. The summed E-state index contributed by atoms with van der Waals surface area (Å²) in [6, 6.07) is 1.52. The molecule has 0 radical (unpaired) electrons. The molecule has 0 spiro atoms. The summed E-state index contributed by atoms with van der Waals surface area (Å²) < 4.78 is 0. The Labute approximate surface area is 123 Å². The monoisotopic (exact) mass is 282 g/mol. The van der Waals surface area contributed by atoms with Crippen LogP contribution >= 0.6 is 11.8 Å². The van der Waals surface area contributed by atoms with Crippen LogP contribution in [0.4, 0.5) is 0 Å². The van der Waals surface area contributed by atoms with Crippen molar-refractivity contribution < 1.29 is 0 Å². The standard InChI is InChI=1S/C16H30N2S/c1-13-9-17-16(15-5-3-2-4-6-15)11-18(13)10-14-7-8-19-12-14/h13-17H,2-12H2,1H3. The van der Waals surface area contributed by atoms with E-state index >= 15 is 0 Å². The number of nitrogens with one attached hydrogen (secondary N) is 1. The average molecular weight is 282 g/mol. The van der Waals surface area contributed by atoms with Gasteiger partial charge in [0.1, 0.15) is 0 Å². The largest absolute Gasteiger partial charge is 0.311 e. The molecule has 0 aromatic heterocycles. The van der Waals surface area contributed by atoms with Crippen molar-refractivity contribution in [1.29, 1.82) is 0 Å². The molecule has 2 nitrogen and oxygen atoms in total. The normalized spacial score (nSPS) is 38.7. The Morgan fingerprint density at radius 1 is 1.16 bits per heavy atom. The van der Waals surface area contributed by atoms with Crippen molar-refractivity contribution in [3.63, 3.8) is 0 Å².